The molecule has 1 saturated heterocycles. The number of aliphatic hydroxyl groups excluding tert-OH is 1. The first kappa shape index (κ1) is 23.3. The van der Waals surface area contributed by atoms with Crippen molar-refractivity contribution < 1.29 is 14.9 Å². The van der Waals surface area contributed by atoms with Crippen molar-refractivity contribution in [1.29, 1.82) is 0 Å². The van der Waals surface area contributed by atoms with Crippen LogP contribution >= 0.6 is 15.9 Å². The number of aromatic amines is 1. The summed E-state index contributed by atoms with van der Waals surface area (Å²) >= 11 is 3.48. The standard InChI is InChI=1S/C25H24BrN5O4/c26-19-14-27-23(33)20-21(19)29-24(31-12-10-25(34,15-32)11-13-31)30-22(20)28-16-6-8-18(9-7-16)35-17-4-2-1-3-5-17/h1-9,14,32,34H,10-13,15H2,(H,27,33)(H,28,29,30). The largest absolute Gasteiger partial charge is 0.457 e. The van der Waals surface area contributed by atoms with Crippen LogP contribution in [0.15, 0.2) is 70.1 Å². The summed E-state index contributed by atoms with van der Waals surface area (Å²) in [5, 5.41) is 23.4. The highest BCUT2D eigenvalue weighted by molar-refractivity contribution is 9.10. The van der Waals surface area contributed by atoms with Gasteiger partial charge in [0.05, 0.1) is 22.2 Å². The summed E-state index contributed by atoms with van der Waals surface area (Å²) < 4.78 is 6.49. The third kappa shape index (κ3) is 5.00. The number of halogens is 1. The number of hydrogen-bond donors (Lipinski definition) is 4. The summed E-state index contributed by atoms with van der Waals surface area (Å²) in [7, 11) is 0. The Hall–Kier alpha value is -3.47. The molecule has 0 radical (unpaired) electrons. The van der Waals surface area contributed by atoms with Gasteiger partial charge >= 0.3 is 0 Å². The minimum absolute atomic E-state index is 0.281. The summed E-state index contributed by atoms with van der Waals surface area (Å²) in [5.74, 6) is 2.23. The third-order valence-electron chi connectivity index (χ3n) is 6.05. The van der Waals surface area contributed by atoms with E-state index in [4.69, 9.17) is 4.74 Å². The molecule has 4 N–H and O–H groups in total. The van der Waals surface area contributed by atoms with Crippen LogP contribution in [0.1, 0.15) is 12.8 Å². The van der Waals surface area contributed by atoms with Gasteiger partial charge in [-0.3, -0.25) is 4.79 Å². The molecule has 0 aliphatic carbocycles. The summed E-state index contributed by atoms with van der Waals surface area (Å²) in [6.45, 7) is 0.680. The predicted octanol–water partition coefficient (Wildman–Crippen LogP) is 3.94. The fraction of sp³-hybridized carbons (Fsp3) is 0.240. The second-order valence-electron chi connectivity index (χ2n) is 8.50. The van der Waals surface area contributed by atoms with Crippen molar-refractivity contribution in [2.45, 2.75) is 18.4 Å². The number of pyridine rings is 1. The highest BCUT2D eigenvalue weighted by Crippen LogP contribution is 2.31. The van der Waals surface area contributed by atoms with Crippen LogP contribution in [0.3, 0.4) is 0 Å². The van der Waals surface area contributed by atoms with Crippen LogP contribution in [0.25, 0.3) is 10.9 Å². The van der Waals surface area contributed by atoms with E-state index in [9.17, 15) is 15.0 Å². The molecule has 9 nitrogen and oxygen atoms in total. The molecule has 0 saturated carbocycles. The van der Waals surface area contributed by atoms with Gasteiger partial charge in [0.2, 0.25) is 5.95 Å². The lowest BCUT2D eigenvalue weighted by Gasteiger charge is -2.37. The number of aliphatic hydroxyl groups is 2. The molecule has 10 heteroatoms. The van der Waals surface area contributed by atoms with Crippen molar-refractivity contribution in [1.82, 2.24) is 15.0 Å². The average Bonchev–Trinajstić information content (AvgIpc) is 2.88. The summed E-state index contributed by atoms with van der Waals surface area (Å²) in [5.41, 5.74) is -0.192. The van der Waals surface area contributed by atoms with Crippen LogP contribution < -0.4 is 20.5 Å². The van der Waals surface area contributed by atoms with Gasteiger partial charge < -0.3 is 30.2 Å². The van der Waals surface area contributed by atoms with E-state index in [0.29, 0.717) is 58.8 Å². The van der Waals surface area contributed by atoms with E-state index in [0.717, 1.165) is 11.4 Å². The molecule has 0 unspecified atom stereocenters. The van der Waals surface area contributed by atoms with E-state index >= 15 is 0 Å². The number of anilines is 3. The molecule has 4 aromatic rings. The zero-order chi connectivity index (χ0) is 24.4. The molecule has 3 heterocycles. The molecule has 0 spiro atoms. The Labute approximate surface area is 209 Å². The molecule has 1 aliphatic rings. The third-order valence-corrected chi connectivity index (χ3v) is 6.65. The van der Waals surface area contributed by atoms with Crippen molar-refractivity contribution in [2.24, 2.45) is 0 Å². The molecule has 1 fully saturated rings. The van der Waals surface area contributed by atoms with Crippen molar-refractivity contribution in [3.63, 3.8) is 0 Å². The average molecular weight is 538 g/mol. The molecular weight excluding hydrogens is 514 g/mol. The molecule has 5 rings (SSSR count). The molecule has 0 atom stereocenters. The summed E-state index contributed by atoms with van der Waals surface area (Å²) in [6.07, 6.45) is 2.35. The number of H-pyrrole nitrogens is 1. The van der Waals surface area contributed by atoms with Crippen LogP contribution in [-0.4, -0.2) is 50.5 Å². The normalized spacial score (nSPS) is 15.2. The fourth-order valence-corrected chi connectivity index (χ4v) is 4.39. The van der Waals surface area contributed by atoms with Crippen molar-refractivity contribution in [2.75, 3.05) is 29.9 Å². The number of ether oxygens (including phenoxy) is 1. The molecular formula is C25H24BrN5O4. The van der Waals surface area contributed by atoms with Crippen LogP contribution in [0, 0.1) is 0 Å². The Kier molecular flexibility index (Phi) is 6.42. The predicted molar refractivity (Wildman–Crippen MR) is 138 cm³/mol. The zero-order valence-corrected chi connectivity index (χ0v) is 20.3. The van der Waals surface area contributed by atoms with Crippen molar-refractivity contribution in [3.05, 3.63) is 75.6 Å². The fourth-order valence-electron chi connectivity index (χ4n) is 3.99. The lowest BCUT2D eigenvalue weighted by molar-refractivity contribution is -0.0327. The number of fused-ring (bicyclic) bond motifs is 1. The Balaban J connectivity index is 1.46. The quantitative estimate of drug-likeness (QED) is 0.291. The Morgan fingerprint density at radius 1 is 1.06 bits per heavy atom. The number of nitrogens with one attached hydrogen (secondary N) is 2. The molecule has 180 valence electrons. The Bertz CT molecular complexity index is 1390. The topological polar surface area (TPSA) is 124 Å². The number of rotatable bonds is 6. The van der Waals surface area contributed by atoms with Gasteiger partial charge in [-0.2, -0.15) is 4.98 Å². The molecule has 0 amide bonds. The first-order valence-electron chi connectivity index (χ1n) is 11.2. The van der Waals surface area contributed by atoms with Gasteiger partial charge in [-0.25, -0.2) is 4.98 Å². The molecule has 35 heavy (non-hydrogen) atoms. The van der Waals surface area contributed by atoms with Crippen molar-refractivity contribution >= 4 is 44.3 Å². The number of benzene rings is 2. The van der Waals surface area contributed by atoms with Crippen LogP contribution in [0.5, 0.6) is 11.5 Å². The second kappa shape index (κ2) is 9.65. The highest BCUT2D eigenvalue weighted by atomic mass is 79.9. The Morgan fingerprint density at radius 2 is 1.74 bits per heavy atom. The lowest BCUT2D eigenvalue weighted by atomic mass is 9.93. The van der Waals surface area contributed by atoms with Crippen LogP contribution in [-0.2, 0) is 0 Å². The molecule has 2 aromatic heterocycles. The number of nitrogens with zero attached hydrogens (tertiary/aromatic N) is 3. The van der Waals surface area contributed by atoms with E-state index in [1.807, 2.05) is 59.5 Å². The second-order valence-corrected chi connectivity index (χ2v) is 9.35. The number of aromatic nitrogens is 3. The van der Waals surface area contributed by atoms with E-state index in [1.165, 1.54) is 0 Å². The monoisotopic (exact) mass is 537 g/mol. The van der Waals surface area contributed by atoms with E-state index in [2.05, 4.69) is 36.2 Å². The molecule has 2 aromatic carbocycles. The maximum absolute atomic E-state index is 12.7. The van der Waals surface area contributed by atoms with E-state index in [-0.39, 0.29) is 12.2 Å². The lowest BCUT2D eigenvalue weighted by Crippen LogP contribution is -2.47. The van der Waals surface area contributed by atoms with Crippen LogP contribution in [0.2, 0.25) is 0 Å². The number of hydrogen-bond acceptors (Lipinski definition) is 8. The first-order chi connectivity index (χ1) is 16.9. The van der Waals surface area contributed by atoms with E-state index < -0.39 is 5.60 Å². The SMILES string of the molecule is O=c1[nH]cc(Br)c2nc(N3CCC(O)(CO)CC3)nc(Nc3ccc(Oc4ccccc4)cc3)c12. The minimum atomic E-state index is -1.09. The van der Waals surface area contributed by atoms with Gasteiger partial charge in [0.15, 0.2) is 0 Å². The molecule has 0 bridgehead atoms. The zero-order valence-electron chi connectivity index (χ0n) is 18.7. The minimum Gasteiger partial charge on any atom is -0.457 e. The highest BCUT2D eigenvalue weighted by Gasteiger charge is 2.33. The van der Waals surface area contributed by atoms with Gasteiger partial charge in [-0.05, 0) is 65.2 Å². The van der Waals surface area contributed by atoms with Gasteiger partial charge in [0.1, 0.15) is 22.7 Å². The maximum atomic E-state index is 12.7. The van der Waals surface area contributed by atoms with Gasteiger partial charge in [0, 0.05) is 25.0 Å². The van der Waals surface area contributed by atoms with E-state index in [1.54, 1.807) is 6.20 Å². The number of para-hydroxylation sites is 1. The smallest absolute Gasteiger partial charge is 0.261 e. The van der Waals surface area contributed by atoms with Gasteiger partial charge in [0.25, 0.3) is 5.56 Å². The number of piperidine rings is 1. The summed E-state index contributed by atoms with van der Waals surface area (Å²) in [4.78, 5) is 26.7. The van der Waals surface area contributed by atoms with Crippen LogP contribution in [0.4, 0.5) is 17.5 Å². The van der Waals surface area contributed by atoms with Crippen molar-refractivity contribution in [3.8, 4) is 11.5 Å². The Morgan fingerprint density at radius 3 is 2.43 bits per heavy atom. The first-order valence-corrected chi connectivity index (χ1v) is 12.0. The van der Waals surface area contributed by atoms with Gasteiger partial charge in [-0.1, -0.05) is 18.2 Å². The maximum Gasteiger partial charge on any atom is 0.261 e. The van der Waals surface area contributed by atoms with Gasteiger partial charge in [-0.15, -0.1) is 0 Å². The molecule has 1 aliphatic heterocycles. The summed E-state index contributed by atoms with van der Waals surface area (Å²) in [6, 6.07) is 16.9.